The molecule has 1 spiro atoms. The Balaban J connectivity index is 1.67. The number of ether oxygens (including phenoxy) is 2. The van der Waals surface area contributed by atoms with Crippen LogP contribution in [-0.4, -0.2) is 42.6 Å². The van der Waals surface area contributed by atoms with E-state index in [2.05, 4.69) is 6.07 Å². The second-order valence-corrected chi connectivity index (χ2v) is 8.55. The average molecular weight is 355 g/mol. The number of carbonyl (C=O) groups is 2. The Hall–Kier alpha value is -2.30. The highest BCUT2D eigenvalue weighted by Crippen LogP contribution is 2.57. The Kier molecular flexibility index (Phi) is 3.69. The summed E-state index contributed by atoms with van der Waals surface area (Å²) in [5.74, 6) is 0.818. The fourth-order valence-electron chi connectivity index (χ4n) is 4.66. The van der Waals surface area contributed by atoms with Crippen molar-refractivity contribution < 1.29 is 19.1 Å². The van der Waals surface area contributed by atoms with Gasteiger partial charge in [0.25, 0.3) is 0 Å². The fourth-order valence-corrected chi connectivity index (χ4v) is 4.66. The van der Waals surface area contributed by atoms with Gasteiger partial charge >= 0.3 is 6.09 Å². The summed E-state index contributed by atoms with van der Waals surface area (Å²) >= 11 is 0. The van der Waals surface area contributed by atoms with Crippen LogP contribution < -0.4 is 4.74 Å². The molecule has 2 unspecified atom stereocenters. The van der Waals surface area contributed by atoms with Crippen molar-refractivity contribution in [1.82, 2.24) is 4.90 Å². The summed E-state index contributed by atoms with van der Waals surface area (Å²) in [5.41, 5.74) is 2.62. The molecule has 1 saturated heterocycles. The molecule has 5 heteroatoms. The number of methoxy groups -OCH3 is 1. The van der Waals surface area contributed by atoms with E-state index in [1.807, 2.05) is 39.0 Å². The van der Waals surface area contributed by atoms with Crippen molar-refractivity contribution in [3.05, 3.63) is 35.4 Å². The van der Waals surface area contributed by atoms with Gasteiger partial charge in [0.2, 0.25) is 0 Å². The van der Waals surface area contributed by atoms with Gasteiger partial charge in [-0.25, -0.2) is 4.79 Å². The Morgan fingerprint density at radius 3 is 2.77 bits per heavy atom. The third-order valence-corrected chi connectivity index (χ3v) is 5.80. The van der Waals surface area contributed by atoms with Crippen LogP contribution in [0.4, 0.5) is 4.79 Å². The summed E-state index contributed by atoms with van der Waals surface area (Å²) in [4.78, 5) is 27.0. The summed E-state index contributed by atoms with van der Waals surface area (Å²) in [7, 11) is 1.66. The maximum atomic E-state index is 12.7. The van der Waals surface area contributed by atoms with Crippen LogP contribution in [0.15, 0.2) is 24.3 Å². The van der Waals surface area contributed by atoms with E-state index in [1.54, 1.807) is 12.0 Å². The molecule has 0 radical (unpaired) electrons. The fraction of sp³-hybridized carbons (Fsp3) is 0.524. The molecule has 3 aliphatic rings. The number of allylic oxidation sites excluding steroid dienone is 1. The number of fused-ring (bicyclic) bond motifs is 2. The predicted octanol–water partition coefficient (Wildman–Crippen LogP) is 3.46. The van der Waals surface area contributed by atoms with E-state index >= 15 is 0 Å². The first-order chi connectivity index (χ1) is 12.2. The molecular formula is C21H25NO4. The van der Waals surface area contributed by atoms with Gasteiger partial charge in [-0.3, -0.25) is 4.79 Å². The number of nitrogens with zero attached hydrogens (tertiary/aromatic N) is 1. The molecule has 4 rings (SSSR count). The van der Waals surface area contributed by atoms with Gasteiger partial charge in [-0.05, 0) is 68.5 Å². The molecule has 5 nitrogen and oxygen atoms in total. The van der Waals surface area contributed by atoms with Gasteiger partial charge in [0.1, 0.15) is 11.4 Å². The van der Waals surface area contributed by atoms with Crippen molar-refractivity contribution in [2.24, 2.45) is 11.3 Å². The number of hydrogen-bond donors (Lipinski definition) is 0. The Morgan fingerprint density at radius 1 is 1.31 bits per heavy atom. The summed E-state index contributed by atoms with van der Waals surface area (Å²) in [6, 6.07) is 6.05. The molecule has 0 N–H and O–H groups in total. The molecule has 26 heavy (non-hydrogen) atoms. The maximum absolute atomic E-state index is 12.7. The molecule has 1 aromatic rings. The lowest BCUT2D eigenvalue weighted by atomic mass is 9.66. The monoisotopic (exact) mass is 355 g/mol. The van der Waals surface area contributed by atoms with E-state index in [0.29, 0.717) is 13.1 Å². The highest BCUT2D eigenvalue weighted by Gasteiger charge is 2.58. The van der Waals surface area contributed by atoms with Crippen LogP contribution in [0, 0.1) is 11.3 Å². The smallest absolute Gasteiger partial charge is 0.410 e. The van der Waals surface area contributed by atoms with Crippen molar-refractivity contribution in [1.29, 1.82) is 0 Å². The first-order valence-corrected chi connectivity index (χ1v) is 9.15. The highest BCUT2D eigenvalue weighted by atomic mass is 16.6. The molecule has 1 amide bonds. The summed E-state index contributed by atoms with van der Waals surface area (Å²) < 4.78 is 10.9. The van der Waals surface area contributed by atoms with Crippen LogP contribution in [0.3, 0.4) is 0 Å². The van der Waals surface area contributed by atoms with Crippen molar-refractivity contribution in [3.8, 4) is 5.75 Å². The molecule has 0 saturated carbocycles. The largest absolute Gasteiger partial charge is 0.497 e. The van der Waals surface area contributed by atoms with E-state index in [-0.39, 0.29) is 23.2 Å². The number of carbonyl (C=O) groups excluding carboxylic acids is 2. The molecule has 0 bridgehead atoms. The molecule has 2 atom stereocenters. The number of aryl methyl sites for hydroxylation is 1. The average Bonchev–Trinajstić information content (AvgIpc) is 3.07. The van der Waals surface area contributed by atoms with Crippen LogP contribution in [0.25, 0.3) is 5.57 Å². The van der Waals surface area contributed by atoms with Crippen LogP contribution in [0.2, 0.25) is 0 Å². The van der Waals surface area contributed by atoms with E-state index in [9.17, 15) is 9.59 Å². The van der Waals surface area contributed by atoms with Gasteiger partial charge in [0.05, 0.1) is 13.0 Å². The molecule has 0 aromatic heterocycles. The SMILES string of the molecule is COc1ccc2c(c1)CCC13CN(C(=O)OC(C)(C)C)CC1C(=O)C=C23. The second kappa shape index (κ2) is 5.60. The number of likely N-dealkylation sites (tertiary alicyclic amines) is 1. The number of benzene rings is 1. The first-order valence-electron chi connectivity index (χ1n) is 9.15. The molecule has 138 valence electrons. The lowest BCUT2D eigenvalue weighted by molar-refractivity contribution is -0.118. The van der Waals surface area contributed by atoms with Crippen molar-refractivity contribution in [2.75, 3.05) is 20.2 Å². The van der Waals surface area contributed by atoms with Gasteiger partial charge in [-0.2, -0.15) is 0 Å². The molecule has 1 aliphatic heterocycles. The summed E-state index contributed by atoms with van der Waals surface area (Å²) in [6.45, 7) is 6.58. The standard InChI is InChI=1S/C21H25NO4/c1-20(2,3)26-19(24)22-11-17-18(23)10-16-15-6-5-14(25-4)9-13(15)7-8-21(16,17)12-22/h5-6,9-10,17H,7-8,11-12H2,1-4H3. The van der Waals surface area contributed by atoms with Crippen molar-refractivity contribution >= 4 is 17.4 Å². The zero-order chi connectivity index (χ0) is 18.7. The second-order valence-electron chi connectivity index (χ2n) is 8.55. The van der Waals surface area contributed by atoms with E-state index in [0.717, 1.165) is 29.7 Å². The number of ketones is 1. The quantitative estimate of drug-likeness (QED) is 0.774. The lowest BCUT2D eigenvalue weighted by Crippen LogP contribution is -2.38. The van der Waals surface area contributed by atoms with Gasteiger partial charge in [-0.15, -0.1) is 0 Å². The van der Waals surface area contributed by atoms with Crippen LogP contribution in [-0.2, 0) is 16.0 Å². The topological polar surface area (TPSA) is 55.8 Å². The Morgan fingerprint density at radius 2 is 2.08 bits per heavy atom. The predicted molar refractivity (Wildman–Crippen MR) is 98.0 cm³/mol. The normalized spacial score (nSPS) is 26.8. The summed E-state index contributed by atoms with van der Waals surface area (Å²) in [6.07, 6.45) is 3.24. The molecule has 1 aromatic carbocycles. The minimum Gasteiger partial charge on any atom is -0.497 e. The van der Waals surface area contributed by atoms with Crippen molar-refractivity contribution in [2.45, 2.75) is 39.2 Å². The lowest BCUT2D eigenvalue weighted by Gasteiger charge is -2.37. The van der Waals surface area contributed by atoms with Crippen LogP contribution in [0.1, 0.15) is 38.3 Å². The Labute approximate surface area is 154 Å². The third kappa shape index (κ3) is 2.52. The van der Waals surface area contributed by atoms with Gasteiger partial charge in [0, 0.05) is 18.5 Å². The molecule has 1 heterocycles. The maximum Gasteiger partial charge on any atom is 0.410 e. The number of rotatable bonds is 1. The number of amides is 1. The van der Waals surface area contributed by atoms with E-state index in [1.165, 1.54) is 5.56 Å². The van der Waals surface area contributed by atoms with E-state index in [4.69, 9.17) is 9.47 Å². The summed E-state index contributed by atoms with van der Waals surface area (Å²) in [5, 5.41) is 0. The van der Waals surface area contributed by atoms with Crippen LogP contribution >= 0.6 is 0 Å². The zero-order valence-electron chi connectivity index (χ0n) is 15.8. The first kappa shape index (κ1) is 17.1. The highest BCUT2D eigenvalue weighted by molar-refractivity contribution is 6.07. The molecule has 2 aliphatic carbocycles. The third-order valence-electron chi connectivity index (χ3n) is 5.80. The van der Waals surface area contributed by atoms with Gasteiger partial charge < -0.3 is 14.4 Å². The molecule has 1 fully saturated rings. The van der Waals surface area contributed by atoms with Gasteiger partial charge in [0.15, 0.2) is 5.78 Å². The minimum atomic E-state index is -0.537. The van der Waals surface area contributed by atoms with Crippen LogP contribution in [0.5, 0.6) is 5.75 Å². The zero-order valence-corrected chi connectivity index (χ0v) is 15.8. The Bertz CT molecular complexity index is 820. The molecular weight excluding hydrogens is 330 g/mol. The van der Waals surface area contributed by atoms with E-state index < -0.39 is 5.60 Å². The number of hydrogen-bond acceptors (Lipinski definition) is 4. The minimum absolute atomic E-state index is 0.134. The van der Waals surface area contributed by atoms with Gasteiger partial charge in [-0.1, -0.05) is 6.07 Å². The van der Waals surface area contributed by atoms with Crippen molar-refractivity contribution in [3.63, 3.8) is 0 Å².